The van der Waals surface area contributed by atoms with Gasteiger partial charge in [0.2, 0.25) is 0 Å². The lowest BCUT2D eigenvalue weighted by Gasteiger charge is -2.33. The van der Waals surface area contributed by atoms with Crippen LogP contribution in [0.1, 0.15) is 58.7 Å². The average molecular weight is 480 g/mol. The molecule has 1 unspecified atom stereocenters. The lowest BCUT2D eigenvalue weighted by atomic mass is 9.90. The molecule has 3 aromatic rings. The standard InChI is InChI=1S/C32H37N3O/c1-23-10-13-28(14-11-23)31-21-30(29-19-24(2)9-12-25(29)3)33-35(31)32(36)22-34-17-15-27(16-18-34)20-26-7-5-4-6-8-26/h4-14,19,27,31H,15-18,20-22H2,1-3H3. The highest BCUT2D eigenvalue weighted by molar-refractivity contribution is 6.04. The number of hydrazone groups is 1. The van der Waals surface area contributed by atoms with E-state index in [1.807, 2.05) is 0 Å². The maximum Gasteiger partial charge on any atom is 0.257 e. The van der Waals surface area contributed by atoms with Crippen molar-refractivity contribution < 1.29 is 4.79 Å². The Labute approximate surface area is 215 Å². The molecule has 0 aliphatic carbocycles. The highest BCUT2D eigenvalue weighted by Crippen LogP contribution is 2.34. The van der Waals surface area contributed by atoms with E-state index in [9.17, 15) is 4.79 Å². The van der Waals surface area contributed by atoms with E-state index in [1.54, 1.807) is 5.01 Å². The van der Waals surface area contributed by atoms with Crippen LogP contribution in [0.5, 0.6) is 0 Å². The SMILES string of the molecule is Cc1ccc(C2CC(c3cc(C)ccc3C)=NN2C(=O)CN2CCC(Cc3ccccc3)CC2)cc1. The highest BCUT2D eigenvalue weighted by atomic mass is 16.2. The minimum atomic E-state index is -0.0522. The first-order chi connectivity index (χ1) is 17.5. The second-order valence-electron chi connectivity index (χ2n) is 10.6. The average Bonchev–Trinajstić information content (AvgIpc) is 3.33. The normalized spacial score (nSPS) is 18.9. The Morgan fingerprint density at radius 2 is 1.58 bits per heavy atom. The van der Waals surface area contributed by atoms with Gasteiger partial charge < -0.3 is 0 Å². The van der Waals surface area contributed by atoms with Gasteiger partial charge in [-0.25, -0.2) is 5.01 Å². The van der Waals surface area contributed by atoms with E-state index in [1.165, 1.54) is 22.3 Å². The molecule has 1 atom stereocenters. The summed E-state index contributed by atoms with van der Waals surface area (Å²) < 4.78 is 0. The molecule has 1 amide bonds. The van der Waals surface area contributed by atoms with Gasteiger partial charge in [-0.1, -0.05) is 77.9 Å². The summed E-state index contributed by atoms with van der Waals surface area (Å²) in [6, 6.07) is 25.8. The smallest absolute Gasteiger partial charge is 0.257 e. The summed E-state index contributed by atoms with van der Waals surface area (Å²) >= 11 is 0. The zero-order valence-corrected chi connectivity index (χ0v) is 21.8. The van der Waals surface area contributed by atoms with E-state index in [0.717, 1.165) is 55.6 Å². The van der Waals surface area contributed by atoms with Crippen LogP contribution < -0.4 is 0 Å². The number of aryl methyl sites for hydroxylation is 3. The zero-order chi connectivity index (χ0) is 25.1. The Morgan fingerprint density at radius 1 is 0.889 bits per heavy atom. The lowest BCUT2D eigenvalue weighted by molar-refractivity contribution is -0.134. The van der Waals surface area contributed by atoms with E-state index in [2.05, 4.69) is 98.5 Å². The van der Waals surface area contributed by atoms with Gasteiger partial charge in [0.15, 0.2) is 0 Å². The molecular weight excluding hydrogens is 442 g/mol. The first kappa shape index (κ1) is 24.5. The summed E-state index contributed by atoms with van der Waals surface area (Å²) in [4.78, 5) is 16.0. The number of hydrogen-bond donors (Lipinski definition) is 0. The molecule has 36 heavy (non-hydrogen) atoms. The largest absolute Gasteiger partial charge is 0.294 e. The Kier molecular flexibility index (Phi) is 7.33. The van der Waals surface area contributed by atoms with Crippen molar-refractivity contribution in [2.45, 2.75) is 52.5 Å². The molecular formula is C32H37N3O. The molecule has 186 valence electrons. The van der Waals surface area contributed by atoms with Crippen LogP contribution >= 0.6 is 0 Å². The van der Waals surface area contributed by atoms with E-state index < -0.39 is 0 Å². The predicted octanol–water partition coefficient (Wildman–Crippen LogP) is 6.24. The minimum absolute atomic E-state index is 0.0522. The molecule has 5 rings (SSSR count). The van der Waals surface area contributed by atoms with Gasteiger partial charge in [0.05, 0.1) is 18.3 Å². The zero-order valence-electron chi connectivity index (χ0n) is 21.8. The number of hydrogen-bond acceptors (Lipinski definition) is 3. The van der Waals surface area contributed by atoms with Crippen LogP contribution in [0.3, 0.4) is 0 Å². The Morgan fingerprint density at radius 3 is 2.31 bits per heavy atom. The fourth-order valence-electron chi connectivity index (χ4n) is 5.56. The van der Waals surface area contributed by atoms with Gasteiger partial charge in [-0.3, -0.25) is 9.69 Å². The number of nitrogens with zero attached hydrogens (tertiary/aromatic N) is 3. The first-order valence-corrected chi connectivity index (χ1v) is 13.3. The molecule has 2 heterocycles. The van der Waals surface area contributed by atoms with Crippen LogP contribution in [-0.2, 0) is 11.2 Å². The van der Waals surface area contributed by atoms with Gasteiger partial charge in [0.1, 0.15) is 0 Å². The number of benzene rings is 3. The fraction of sp³-hybridized carbons (Fsp3) is 0.375. The van der Waals surface area contributed by atoms with Gasteiger partial charge in [-0.2, -0.15) is 5.10 Å². The molecule has 0 aromatic heterocycles. The number of rotatable bonds is 6. The van der Waals surface area contributed by atoms with E-state index >= 15 is 0 Å². The second-order valence-corrected chi connectivity index (χ2v) is 10.6. The Bertz CT molecular complexity index is 1220. The van der Waals surface area contributed by atoms with Crippen molar-refractivity contribution in [2.75, 3.05) is 19.6 Å². The molecule has 0 bridgehead atoms. The molecule has 0 saturated carbocycles. The minimum Gasteiger partial charge on any atom is -0.294 e. The van der Waals surface area contributed by atoms with E-state index in [4.69, 9.17) is 5.10 Å². The summed E-state index contributed by atoms with van der Waals surface area (Å²) in [5.41, 5.74) is 8.38. The first-order valence-electron chi connectivity index (χ1n) is 13.3. The Balaban J connectivity index is 1.29. The quantitative estimate of drug-likeness (QED) is 0.419. The number of carbonyl (C=O) groups excluding carboxylic acids is 1. The molecule has 2 aliphatic rings. The van der Waals surface area contributed by atoms with Crippen molar-refractivity contribution in [3.8, 4) is 0 Å². The predicted molar refractivity (Wildman–Crippen MR) is 147 cm³/mol. The van der Waals surface area contributed by atoms with E-state index in [-0.39, 0.29) is 11.9 Å². The molecule has 4 heteroatoms. The van der Waals surface area contributed by atoms with Gasteiger partial charge in [-0.05, 0) is 81.8 Å². The van der Waals surface area contributed by atoms with Crippen LogP contribution in [0, 0.1) is 26.7 Å². The topological polar surface area (TPSA) is 35.9 Å². The third-order valence-electron chi connectivity index (χ3n) is 7.77. The van der Waals surface area contributed by atoms with Crippen molar-refractivity contribution >= 4 is 11.6 Å². The van der Waals surface area contributed by atoms with Gasteiger partial charge in [-0.15, -0.1) is 0 Å². The maximum absolute atomic E-state index is 13.6. The molecule has 4 nitrogen and oxygen atoms in total. The molecule has 1 saturated heterocycles. The lowest BCUT2D eigenvalue weighted by Crippen LogP contribution is -2.42. The van der Waals surface area contributed by atoms with Gasteiger partial charge in [0, 0.05) is 12.0 Å². The van der Waals surface area contributed by atoms with Crippen molar-refractivity contribution in [1.82, 2.24) is 9.91 Å². The van der Waals surface area contributed by atoms with Crippen molar-refractivity contribution in [2.24, 2.45) is 11.0 Å². The van der Waals surface area contributed by atoms with Crippen molar-refractivity contribution in [1.29, 1.82) is 0 Å². The molecule has 0 spiro atoms. The van der Waals surface area contributed by atoms with E-state index in [0.29, 0.717) is 12.5 Å². The maximum atomic E-state index is 13.6. The number of piperidine rings is 1. The van der Waals surface area contributed by atoms with Crippen molar-refractivity contribution in [3.63, 3.8) is 0 Å². The van der Waals surface area contributed by atoms with Crippen LogP contribution in [0.4, 0.5) is 0 Å². The van der Waals surface area contributed by atoms with Gasteiger partial charge in [0.25, 0.3) is 5.91 Å². The second kappa shape index (κ2) is 10.8. The highest BCUT2D eigenvalue weighted by Gasteiger charge is 2.34. The van der Waals surface area contributed by atoms with Crippen LogP contribution in [-0.4, -0.2) is 41.2 Å². The third-order valence-corrected chi connectivity index (χ3v) is 7.77. The number of amides is 1. The molecule has 2 aliphatic heterocycles. The Hall–Kier alpha value is -3.24. The molecule has 0 radical (unpaired) electrons. The fourth-order valence-corrected chi connectivity index (χ4v) is 5.56. The van der Waals surface area contributed by atoms with Crippen LogP contribution in [0.2, 0.25) is 0 Å². The van der Waals surface area contributed by atoms with Crippen LogP contribution in [0.25, 0.3) is 0 Å². The number of carbonyl (C=O) groups is 1. The number of likely N-dealkylation sites (tertiary alicyclic amines) is 1. The third kappa shape index (κ3) is 5.60. The molecule has 1 fully saturated rings. The monoisotopic (exact) mass is 479 g/mol. The van der Waals surface area contributed by atoms with Crippen LogP contribution in [0.15, 0.2) is 77.9 Å². The summed E-state index contributed by atoms with van der Waals surface area (Å²) in [5.74, 6) is 0.794. The molecule has 3 aromatic carbocycles. The molecule has 0 N–H and O–H groups in total. The summed E-state index contributed by atoms with van der Waals surface area (Å²) in [5, 5.41) is 6.73. The summed E-state index contributed by atoms with van der Waals surface area (Å²) in [7, 11) is 0. The van der Waals surface area contributed by atoms with Gasteiger partial charge >= 0.3 is 0 Å². The van der Waals surface area contributed by atoms with Crippen molar-refractivity contribution in [3.05, 3.63) is 106 Å². The summed E-state index contributed by atoms with van der Waals surface area (Å²) in [6.45, 7) is 8.72. The summed E-state index contributed by atoms with van der Waals surface area (Å²) in [6.07, 6.45) is 4.16.